The Morgan fingerprint density at radius 2 is 1.88 bits per heavy atom. The zero-order chi connectivity index (χ0) is 17.4. The number of rotatable bonds is 3. The molecule has 25 heavy (non-hydrogen) atoms. The lowest BCUT2D eigenvalue weighted by Gasteiger charge is -2.12. The largest absolute Gasteiger partial charge is 0.399 e. The fraction of sp³-hybridized carbons (Fsp3) is 0.0556. The number of nitrogens with one attached hydrogen (secondary N) is 2. The number of para-hydroxylation sites is 1. The normalized spacial score (nSPS) is 10.9. The Morgan fingerprint density at radius 3 is 2.60 bits per heavy atom. The molecule has 0 spiro atoms. The van der Waals surface area contributed by atoms with Gasteiger partial charge in [0.15, 0.2) is 11.6 Å². The molecule has 0 aliphatic rings. The van der Waals surface area contributed by atoms with E-state index in [4.69, 9.17) is 5.73 Å². The predicted octanol–water partition coefficient (Wildman–Crippen LogP) is 2.74. The quantitative estimate of drug-likeness (QED) is 0.501. The fourth-order valence-corrected chi connectivity index (χ4v) is 2.70. The number of nitrogens with zero attached hydrogens (tertiary/aromatic N) is 3. The molecule has 0 saturated heterocycles. The third-order valence-corrected chi connectivity index (χ3v) is 3.87. The predicted molar refractivity (Wildman–Crippen MR) is 98.4 cm³/mol. The highest BCUT2D eigenvalue weighted by atomic mass is 16.1. The highest BCUT2D eigenvalue weighted by Gasteiger charge is 2.13. The van der Waals surface area contributed by atoms with Crippen LogP contribution in [0.5, 0.6) is 0 Å². The Bertz CT molecular complexity index is 1110. The first-order chi connectivity index (χ1) is 12.1. The molecule has 0 aliphatic heterocycles. The molecule has 0 bridgehead atoms. The minimum Gasteiger partial charge on any atom is -0.399 e. The summed E-state index contributed by atoms with van der Waals surface area (Å²) >= 11 is 0. The van der Waals surface area contributed by atoms with Crippen LogP contribution >= 0.6 is 0 Å². The third-order valence-electron chi connectivity index (χ3n) is 3.87. The van der Waals surface area contributed by atoms with Crippen LogP contribution in [0, 0.1) is 6.92 Å². The lowest BCUT2D eigenvalue weighted by atomic mass is 10.1. The molecular weight excluding hydrogens is 316 g/mol. The summed E-state index contributed by atoms with van der Waals surface area (Å²) < 4.78 is 1.38. The van der Waals surface area contributed by atoms with Gasteiger partial charge >= 0.3 is 0 Å². The van der Waals surface area contributed by atoms with Gasteiger partial charge in [0.2, 0.25) is 0 Å². The number of hydrogen-bond acceptors (Lipinski definition) is 5. The number of anilines is 3. The van der Waals surface area contributed by atoms with Crippen molar-refractivity contribution in [2.75, 3.05) is 11.1 Å². The van der Waals surface area contributed by atoms with Gasteiger partial charge in [-0.25, -0.2) is 0 Å². The molecule has 4 aromatic rings. The number of fused-ring (bicyclic) bond motifs is 1. The molecule has 0 atom stereocenters. The lowest BCUT2D eigenvalue weighted by molar-refractivity contribution is 0.826. The van der Waals surface area contributed by atoms with Crippen LogP contribution in [0.3, 0.4) is 0 Å². The minimum absolute atomic E-state index is 0.204. The van der Waals surface area contributed by atoms with Crippen molar-refractivity contribution < 1.29 is 0 Å². The maximum atomic E-state index is 12.9. The van der Waals surface area contributed by atoms with Gasteiger partial charge in [-0.3, -0.25) is 9.89 Å². The van der Waals surface area contributed by atoms with Crippen LogP contribution in [0.25, 0.3) is 16.5 Å². The van der Waals surface area contributed by atoms with Gasteiger partial charge in [-0.1, -0.05) is 18.2 Å². The SMILES string of the molecule is Cc1cc(Nc2nn(-c3ccccc3)c(=O)c3ccc(N)cc23)n[nH]1. The van der Waals surface area contributed by atoms with Gasteiger partial charge in [-0.05, 0) is 37.3 Å². The van der Waals surface area contributed by atoms with E-state index in [1.807, 2.05) is 43.3 Å². The molecule has 7 nitrogen and oxygen atoms in total. The number of H-pyrrole nitrogens is 1. The molecule has 0 radical (unpaired) electrons. The van der Waals surface area contributed by atoms with Crippen molar-refractivity contribution in [3.05, 3.63) is 70.6 Å². The summed E-state index contributed by atoms with van der Waals surface area (Å²) in [6.45, 7) is 1.91. The first-order valence-electron chi connectivity index (χ1n) is 7.79. The van der Waals surface area contributed by atoms with Crippen molar-refractivity contribution in [1.82, 2.24) is 20.0 Å². The van der Waals surface area contributed by atoms with E-state index >= 15 is 0 Å². The Labute approximate surface area is 143 Å². The number of aromatic amines is 1. The topological polar surface area (TPSA) is 102 Å². The summed E-state index contributed by atoms with van der Waals surface area (Å²) in [6, 6.07) is 16.3. The van der Waals surface area contributed by atoms with Gasteiger partial charge in [0.05, 0.1) is 11.1 Å². The summed E-state index contributed by atoms with van der Waals surface area (Å²) in [5, 5.41) is 15.9. The van der Waals surface area contributed by atoms with Crippen molar-refractivity contribution in [2.24, 2.45) is 0 Å². The van der Waals surface area contributed by atoms with Crippen LogP contribution in [0.1, 0.15) is 5.69 Å². The molecule has 4 rings (SSSR count). The monoisotopic (exact) mass is 332 g/mol. The van der Waals surface area contributed by atoms with Gasteiger partial charge in [-0.15, -0.1) is 5.10 Å². The minimum atomic E-state index is -0.204. The fourth-order valence-electron chi connectivity index (χ4n) is 2.70. The maximum Gasteiger partial charge on any atom is 0.279 e. The number of nitrogens with two attached hydrogens (primary N) is 1. The molecule has 0 aliphatic carbocycles. The highest BCUT2D eigenvalue weighted by molar-refractivity contribution is 5.94. The summed E-state index contributed by atoms with van der Waals surface area (Å²) in [5.41, 5.74) is 7.87. The average Bonchev–Trinajstić information content (AvgIpc) is 3.03. The second-order valence-electron chi connectivity index (χ2n) is 5.77. The molecule has 2 aromatic heterocycles. The summed E-state index contributed by atoms with van der Waals surface area (Å²) in [6.07, 6.45) is 0. The van der Waals surface area contributed by atoms with Gasteiger partial charge in [-0.2, -0.15) is 9.78 Å². The van der Waals surface area contributed by atoms with Gasteiger partial charge in [0, 0.05) is 22.8 Å². The lowest BCUT2D eigenvalue weighted by Crippen LogP contribution is -2.22. The number of hydrogen-bond donors (Lipinski definition) is 3. The van der Waals surface area contributed by atoms with E-state index < -0.39 is 0 Å². The molecule has 0 amide bonds. The number of aryl methyl sites for hydroxylation is 1. The molecule has 124 valence electrons. The van der Waals surface area contributed by atoms with E-state index in [1.165, 1.54) is 4.68 Å². The molecule has 2 aromatic carbocycles. The standard InChI is InChI=1S/C18H16N6O/c1-11-9-16(22-21-11)20-17-15-10-12(19)7-8-14(15)18(25)24(23-17)13-5-3-2-4-6-13/h2-10H,19H2,1H3,(H2,20,21,22,23). The zero-order valence-corrected chi connectivity index (χ0v) is 13.5. The van der Waals surface area contributed by atoms with Gasteiger partial charge in [0.1, 0.15) is 0 Å². The van der Waals surface area contributed by atoms with Crippen LogP contribution in [-0.2, 0) is 0 Å². The molecule has 4 N–H and O–H groups in total. The Balaban J connectivity index is 1.97. The summed E-state index contributed by atoms with van der Waals surface area (Å²) in [5.74, 6) is 1.13. The van der Waals surface area contributed by atoms with Crippen LogP contribution in [0.4, 0.5) is 17.3 Å². The summed E-state index contributed by atoms with van der Waals surface area (Å²) in [4.78, 5) is 12.9. The second kappa shape index (κ2) is 5.79. The molecular formula is C18H16N6O. The van der Waals surface area contributed by atoms with Gasteiger partial charge in [0.25, 0.3) is 5.56 Å². The van der Waals surface area contributed by atoms with Crippen molar-refractivity contribution in [1.29, 1.82) is 0 Å². The smallest absolute Gasteiger partial charge is 0.279 e. The average molecular weight is 332 g/mol. The Hall–Kier alpha value is -3.61. The zero-order valence-electron chi connectivity index (χ0n) is 13.5. The molecule has 7 heteroatoms. The number of nitrogen functional groups attached to an aromatic ring is 1. The molecule has 0 fully saturated rings. The first kappa shape index (κ1) is 14.9. The van der Waals surface area contributed by atoms with Crippen molar-refractivity contribution >= 4 is 28.1 Å². The highest BCUT2D eigenvalue weighted by Crippen LogP contribution is 2.24. The maximum absolute atomic E-state index is 12.9. The summed E-state index contributed by atoms with van der Waals surface area (Å²) in [7, 11) is 0. The van der Waals surface area contributed by atoms with Crippen molar-refractivity contribution in [2.45, 2.75) is 6.92 Å². The van der Waals surface area contributed by atoms with E-state index in [1.54, 1.807) is 18.2 Å². The van der Waals surface area contributed by atoms with Gasteiger partial charge < -0.3 is 11.1 Å². The van der Waals surface area contributed by atoms with E-state index in [0.29, 0.717) is 33.8 Å². The van der Waals surface area contributed by atoms with Crippen molar-refractivity contribution in [3.63, 3.8) is 0 Å². The third kappa shape index (κ3) is 2.72. The number of aromatic nitrogens is 4. The van der Waals surface area contributed by atoms with Crippen LogP contribution < -0.4 is 16.6 Å². The van der Waals surface area contributed by atoms with Crippen molar-refractivity contribution in [3.8, 4) is 5.69 Å². The molecule has 0 unspecified atom stereocenters. The van der Waals surface area contributed by atoms with E-state index in [-0.39, 0.29) is 5.56 Å². The molecule has 2 heterocycles. The number of benzene rings is 2. The van der Waals surface area contributed by atoms with Crippen LogP contribution in [-0.4, -0.2) is 20.0 Å². The van der Waals surface area contributed by atoms with Crippen LogP contribution in [0.2, 0.25) is 0 Å². The first-order valence-corrected chi connectivity index (χ1v) is 7.79. The Morgan fingerprint density at radius 1 is 1.08 bits per heavy atom. The van der Waals surface area contributed by atoms with E-state index in [9.17, 15) is 4.79 Å². The Kier molecular flexibility index (Phi) is 3.46. The van der Waals surface area contributed by atoms with E-state index in [0.717, 1.165) is 5.69 Å². The molecule has 0 saturated carbocycles. The second-order valence-corrected chi connectivity index (χ2v) is 5.77. The van der Waals surface area contributed by atoms with E-state index in [2.05, 4.69) is 20.6 Å². The van der Waals surface area contributed by atoms with Crippen LogP contribution in [0.15, 0.2) is 59.4 Å².